The normalized spacial score (nSPS) is 60.0. The first-order chi connectivity index (χ1) is 11.3. The largest absolute Gasteiger partial charge is 0.390 e. The Bertz CT molecular complexity index is 526. The molecule has 1 N–H and O–H groups in total. The molecule has 24 heavy (non-hydrogen) atoms. The van der Waals surface area contributed by atoms with Gasteiger partial charge in [-0.25, -0.2) is 0 Å². The first-order valence-electron chi connectivity index (χ1n) is 10.5. The fourth-order valence-electron chi connectivity index (χ4n) is 8.46. The molecular weight excluding hydrogens is 296 g/mol. The van der Waals surface area contributed by atoms with E-state index >= 15 is 0 Å². The standard InChI is InChI=1S/C22H36O2/c1-14-6-5-9-22(13-23)18-7-10-20(3)17(8-11-21(20,4)24)16(18)12-15(2)19(14)22/h13-19,24H,5-12H2,1-4H3/t14?,15?,16-,17-,18+,19?,20-,21?,22-/m0/s1. The molecule has 0 heterocycles. The van der Waals surface area contributed by atoms with Gasteiger partial charge in [-0.15, -0.1) is 0 Å². The Morgan fingerprint density at radius 1 is 0.958 bits per heavy atom. The van der Waals surface area contributed by atoms with Gasteiger partial charge in [0.1, 0.15) is 6.29 Å². The number of hydrogen-bond acceptors (Lipinski definition) is 2. The summed E-state index contributed by atoms with van der Waals surface area (Å²) in [5.74, 6) is 3.78. The lowest BCUT2D eigenvalue weighted by molar-refractivity contribution is -0.175. The van der Waals surface area contributed by atoms with E-state index in [1.807, 2.05) is 0 Å². The molecule has 0 amide bonds. The van der Waals surface area contributed by atoms with Crippen LogP contribution >= 0.6 is 0 Å². The highest BCUT2D eigenvalue weighted by molar-refractivity contribution is 5.62. The minimum Gasteiger partial charge on any atom is -0.390 e. The molecule has 4 saturated carbocycles. The summed E-state index contributed by atoms with van der Waals surface area (Å²) in [5.41, 5.74) is -0.516. The molecule has 2 heteroatoms. The van der Waals surface area contributed by atoms with Gasteiger partial charge >= 0.3 is 0 Å². The predicted octanol–water partition coefficient (Wildman–Crippen LogP) is 4.84. The fraction of sp³-hybridized carbons (Fsp3) is 0.955. The Kier molecular flexibility index (Phi) is 3.78. The summed E-state index contributed by atoms with van der Waals surface area (Å²) in [4.78, 5) is 12.5. The lowest BCUT2D eigenvalue weighted by atomic mass is 9.41. The number of hydrogen-bond donors (Lipinski definition) is 1. The Labute approximate surface area is 147 Å². The molecule has 136 valence electrons. The van der Waals surface area contributed by atoms with E-state index < -0.39 is 5.60 Å². The number of carbonyl (C=O) groups is 1. The minimum absolute atomic E-state index is 0.0597. The molecule has 0 aromatic carbocycles. The van der Waals surface area contributed by atoms with E-state index in [-0.39, 0.29) is 10.8 Å². The third kappa shape index (κ3) is 1.95. The molecule has 0 spiro atoms. The molecule has 0 aromatic heterocycles. The van der Waals surface area contributed by atoms with Crippen LogP contribution in [0.15, 0.2) is 0 Å². The van der Waals surface area contributed by atoms with Crippen molar-refractivity contribution in [1.29, 1.82) is 0 Å². The highest BCUT2D eigenvalue weighted by atomic mass is 16.3. The van der Waals surface area contributed by atoms with Crippen LogP contribution in [0.25, 0.3) is 0 Å². The third-order valence-electron chi connectivity index (χ3n) is 9.67. The van der Waals surface area contributed by atoms with Crippen molar-refractivity contribution in [2.75, 3.05) is 0 Å². The summed E-state index contributed by atoms with van der Waals surface area (Å²) < 4.78 is 0. The SMILES string of the molecule is CC1CCC[C@@]2(C=O)C1C(C)C[C@@H]1[C@H]2CC[C@@]2(C)[C@H]1CCC2(C)O. The number of aldehydes is 1. The first-order valence-corrected chi connectivity index (χ1v) is 10.5. The van der Waals surface area contributed by atoms with Gasteiger partial charge < -0.3 is 9.90 Å². The molecule has 4 aliphatic carbocycles. The van der Waals surface area contributed by atoms with Gasteiger partial charge in [-0.1, -0.05) is 33.6 Å². The van der Waals surface area contributed by atoms with Crippen molar-refractivity contribution >= 4 is 6.29 Å². The number of rotatable bonds is 1. The minimum atomic E-state index is -0.517. The smallest absolute Gasteiger partial charge is 0.126 e. The second-order valence-corrected chi connectivity index (χ2v) is 10.5. The van der Waals surface area contributed by atoms with Gasteiger partial charge in [-0.05, 0) is 86.4 Å². The van der Waals surface area contributed by atoms with Crippen LogP contribution in [0.1, 0.15) is 79.1 Å². The zero-order valence-electron chi connectivity index (χ0n) is 16.1. The third-order valence-corrected chi connectivity index (χ3v) is 9.67. The first kappa shape index (κ1) is 17.1. The van der Waals surface area contributed by atoms with Gasteiger partial charge in [0.15, 0.2) is 0 Å². The molecule has 2 nitrogen and oxygen atoms in total. The van der Waals surface area contributed by atoms with Crippen LogP contribution in [0.4, 0.5) is 0 Å². The van der Waals surface area contributed by atoms with E-state index in [4.69, 9.17) is 0 Å². The molecule has 4 aliphatic rings. The zero-order chi connectivity index (χ0) is 17.3. The van der Waals surface area contributed by atoms with Crippen molar-refractivity contribution < 1.29 is 9.90 Å². The topological polar surface area (TPSA) is 37.3 Å². The number of aliphatic hydroxyl groups is 1. The van der Waals surface area contributed by atoms with Crippen LogP contribution in [0.2, 0.25) is 0 Å². The van der Waals surface area contributed by atoms with Gasteiger partial charge in [-0.2, -0.15) is 0 Å². The Balaban J connectivity index is 1.74. The van der Waals surface area contributed by atoms with Crippen LogP contribution in [-0.2, 0) is 4.79 Å². The second kappa shape index (κ2) is 5.32. The summed E-state index contributed by atoms with van der Waals surface area (Å²) in [6, 6.07) is 0. The monoisotopic (exact) mass is 332 g/mol. The predicted molar refractivity (Wildman–Crippen MR) is 96.5 cm³/mol. The van der Waals surface area contributed by atoms with Gasteiger partial charge in [-0.3, -0.25) is 0 Å². The average Bonchev–Trinajstić information content (AvgIpc) is 2.77. The van der Waals surface area contributed by atoms with Crippen LogP contribution in [0.5, 0.6) is 0 Å². The Morgan fingerprint density at radius 3 is 2.38 bits per heavy atom. The maximum atomic E-state index is 12.5. The van der Waals surface area contributed by atoms with Crippen molar-refractivity contribution in [2.24, 2.45) is 46.3 Å². The Hall–Kier alpha value is -0.370. The number of fused-ring (bicyclic) bond motifs is 5. The van der Waals surface area contributed by atoms with Gasteiger partial charge in [0.2, 0.25) is 0 Å². The van der Waals surface area contributed by atoms with Crippen molar-refractivity contribution in [2.45, 2.75) is 84.7 Å². The molecule has 0 saturated heterocycles. The van der Waals surface area contributed by atoms with Gasteiger partial charge in [0, 0.05) is 5.41 Å². The van der Waals surface area contributed by atoms with Gasteiger partial charge in [0.25, 0.3) is 0 Å². The van der Waals surface area contributed by atoms with Crippen molar-refractivity contribution in [3.8, 4) is 0 Å². The van der Waals surface area contributed by atoms with Crippen LogP contribution < -0.4 is 0 Å². The molecule has 0 bridgehead atoms. The van der Waals surface area contributed by atoms with Gasteiger partial charge in [0.05, 0.1) is 5.60 Å². The van der Waals surface area contributed by atoms with E-state index in [0.717, 1.165) is 32.1 Å². The Morgan fingerprint density at radius 2 is 1.67 bits per heavy atom. The fourth-order valence-corrected chi connectivity index (χ4v) is 8.46. The quantitative estimate of drug-likeness (QED) is 0.698. The second-order valence-electron chi connectivity index (χ2n) is 10.5. The average molecular weight is 333 g/mol. The van der Waals surface area contributed by atoms with Crippen molar-refractivity contribution in [1.82, 2.24) is 0 Å². The van der Waals surface area contributed by atoms with E-state index in [2.05, 4.69) is 27.7 Å². The number of carbonyl (C=O) groups excluding carboxylic acids is 1. The summed E-state index contributed by atoms with van der Waals surface area (Å²) in [5, 5.41) is 11.0. The molecule has 4 rings (SSSR count). The molecule has 0 aromatic rings. The van der Waals surface area contributed by atoms with E-state index in [1.165, 1.54) is 25.5 Å². The highest BCUT2D eigenvalue weighted by Gasteiger charge is 2.65. The molecular formula is C22H36O2. The summed E-state index contributed by atoms with van der Waals surface area (Å²) in [6.45, 7) is 9.22. The van der Waals surface area contributed by atoms with E-state index in [0.29, 0.717) is 35.5 Å². The summed E-state index contributed by atoms with van der Waals surface area (Å²) >= 11 is 0. The maximum Gasteiger partial charge on any atom is 0.126 e. The molecule has 4 unspecified atom stereocenters. The van der Waals surface area contributed by atoms with Crippen LogP contribution in [0.3, 0.4) is 0 Å². The van der Waals surface area contributed by atoms with Crippen LogP contribution in [-0.4, -0.2) is 17.0 Å². The summed E-state index contributed by atoms with van der Waals surface area (Å²) in [7, 11) is 0. The zero-order valence-corrected chi connectivity index (χ0v) is 16.1. The van der Waals surface area contributed by atoms with Crippen molar-refractivity contribution in [3.63, 3.8) is 0 Å². The van der Waals surface area contributed by atoms with Crippen LogP contribution in [0, 0.1) is 46.3 Å². The molecule has 9 atom stereocenters. The lowest BCUT2D eigenvalue weighted by Gasteiger charge is -2.63. The summed E-state index contributed by atoms with van der Waals surface area (Å²) in [6.07, 6.45) is 10.7. The highest BCUT2D eigenvalue weighted by Crippen LogP contribution is 2.69. The van der Waals surface area contributed by atoms with Crippen molar-refractivity contribution in [3.05, 3.63) is 0 Å². The van der Waals surface area contributed by atoms with E-state index in [1.54, 1.807) is 0 Å². The lowest BCUT2D eigenvalue weighted by Crippen LogP contribution is -2.59. The maximum absolute atomic E-state index is 12.5. The molecule has 0 radical (unpaired) electrons. The molecule has 0 aliphatic heterocycles. The van der Waals surface area contributed by atoms with E-state index in [9.17, 15) is 9.90 Å². The molecule has 4 fully saturated rings.